The van der Waals surface area contributed by atoms with E-state index in [-0.39, 0.29) is 6.03 Å². The Kier molecular flexibility index (Phi) is 5.06. The van der Waals surface area contributed by atoms with E-state index < -0.39 is 0 Å². The number of rotatable bonds is 5. The van der Waals surface area contributed by atoms with Gasteiger partial charge in [-0.15, -0.1) is 11.8 Å². The minimum atomic E-state index is -0.210. The largest absolute Gasteiger partial charge is 0.337 e. The van der Waals surface area contributed by atoms with Gasteiger partial charge in [-0.25, -0.2) is 4.79 Å². The van der Waals surface area contributed by atoms with Crippen LogP contribution in [0.15, 0.2) is 47.6 Å². The lowest BCUT2D eigenvalue weighted by Gasteiger charge is -2.12. The molecule has 0 aliphatic carbocycles. The van der Waals surface area contributed by atoms with Crippen molar-refractivity contribution in [2.75, 3.05) is 11.9 Å². The highest BCUT2D eigenvalue weighted by molar-refractivity contribution is 8.00. The Morgan fingerprint density at radius 3 is 2.80 bits per heavy atom. The molecule has 2 aromatic rings. The summed E-state index contributed by atoms with van der Waals surface area (Å²) < 4.78 is 1.64. The molecule has 5 nitrogen and oxygen atoms in total. The maximum atomic E-state index is 11.7. The Bertz CT molecular complexity index is 555. The van der Waals surface area contributed by atoms with Crippen LogP contribution in [0.5, 0.6) is 0 Å². The summed E-state index contributed by atoms with van der Waals surface area (Å²) in [7, 11) is 1.81. The molecule has 20 heavy (non-hydrogen) atoms. The monoisotopic (exact) mass is 290 g/mol. The van der Waals surface area contributed by atoms with Crippen LogP contribution in [0.2, 0.25) is 0 Å². The number of thioether (sulfide) groups is 1. The smallest absolute Gasteiger partial charge is 0.319 e. The average Bonchev–Trinajstić information content (AvgIpc) is 2.83. The van der Waals surface area contributed by atoms with Crippen LogP contribution in [0.1, 0.15) is 6.92 Å². The van der Waals surface area contributed by atoms with Gasteiger partial charge in [-0.05, 0) is 12.1 Å². The summed E-state index contributed by atoms with van der Waals surface area (Å²) in [5.74, 6) is 0. The summed E-state index contributed by atoms with van der Waals surface area (Å²) in [6.07, 6.45) is 3.36. The van der Waals surface area contributed by atoms with E-state index in [1.807, 2.05) is 25.2 Å². The van der Waals surface area contributed by atoms with Crippen molar-refractivity contribution in [3.8, 4) is 0 Å². The van der Waals surface area contributed by atoms with Crippen molar-refractivity contribution in [3.05, 3.63) is 42.7 Å². The number of benzene rings is 1. The van der Waals surface area contributed by atoms with Crippen molar-refractivity contribution in [2.45, 2.75) is 17.1 Å². The van der Waals surface area contributed by atoms with E-state index in [9.17, 15) is 4.79 Å². The van der Waals surface area contributed by atoms with Gasteiger partial charge in [-0.2, -0.15) is 5.10 Å². The topological polar surface area (TPSA) is 59.0 Å². The van der Waals surface area contributed by atoms with Gasteiger partial charge >= 0.3 is 6.03 Å². The molecule has 0 radical (unpaired) electrons. The molecule has 0 fully saturated rings. The zero-order valence-electron chi connectivity index (χ0n) is 11.5. The summed E-state index contributed by atoms with van der Waals surface area (Å²) in [6, 6.07) is 9.94. The van der Waals surface area contributed by atoms with Crippen molar-refractivity contribution in [3.63, 3.8) is 0 Å². The molecule has 1 aromatic heterocycles. The molecule has 0 bridgehead atoms. The molecule has 0 spiro atoms. The summed E-state index contributed by atoms with van der Waals surface area (Å²) in [5.41, 5.74) is 0.688. The van der Waals surface area contributed by atoms with E-state index in [4.69, 9.17) is 0 Å². The summed E-state index contributed by atoms with van der Waals surface area (Å²) in [4.78, 5) is 12.9. The molecule has 0 saturated heterocycles. The normalized spacial score (nSPS) is 11.9. The molecule has 106 valence electrons. The lowest BCUT2D eigenvalue weighted by molar-refractivity contribution is 0.252. The molecule has 0 aliphatic rings. The Hall–Kier alpha value is -1.95. The van der Waals surface area contributed by atoms with E-state index in [1.165, 1.54) is 4.90 Å². The molecule has 2 rings (SSSR count). The van der Waals surface area contributed by atoms with Crippen LogP contribution in [0.3, 0.4) is 0 Å². The van der Waals surface area contributed by atoms with Gasteiger partial charge in [0.1, 0.15) is 0 Å². The number of carbonyl (C=O) groups is 1. The number of nitrogens with one attached hydrogen (secondary N) is 2. The number of urea groups is 1. The van der Waals surface area contributed by atoms with Crippen LogP contribution >= 0.6 is 11.8 Å². The Morgan fingerprint density at radius 2 is 2.15 bits per heavy atom. The van der Waals surface area contributed by atoms with E-state index >= 15 is 0 Å². The van der Waals surface area contributed by atoms with Crippen LogP contribution in [0, 0.1) is 0 Å². The summed E-state index contributed by atoms with van der Waals surface area (Å²) in [5, 5.41) is 9.89. The molecule has 1 aromatic carbocycles. The Morgan fingerprint density at radius 1 is 1.40 bits per heavy atom. The van der Waals surface area contributed by atoms with Gasteiger partial charge < -0.3 is 10.6 Å². The molecule has 6 heteroatoms. The van der Waals surface area contributed by atoms with Gasteiger partial charge in [0, 0.05) is 29.9 Å². The van der Waals surface area contributed by atoms with Crippen LogP contribution in [0.4, 0.5) is 10.5 Å². The number of aromatic nitrogens is 2. The number of nitrogens with zero attached hydrogens (tertiary/aromatic N) is 2. The molecule has 2 N–H and O–H groups in total. The van der Waals surface area contributed by atoms with Crippen LogP contribution in [-0.2, 0) is 7.05 Å². The van der Waals surface area contributed by atoms with E-state index in [1.54, 1.807) is 28.8 Å². The van der Waals surface area contributed by atoms with Crippen molar-refractivity contribution in [2.24, 2.45) is 7.05 Å². The summed E-state index contributed by atoms with van der Waals surface area (Å²) >= 11 is 1.74. The average molecular weight is 290 g/mol. The highest BCUT2D eigenvalue weighted by Crippen LogP contribution is 2.21. The van der Waals surface area contributed by atoms with Gasteiger partial charge in [0.05, 0.1) is 11.9 Å². The van der Waals surface area contributed by atoms with Crippen LogP contribution in [-0.4, -0.2) is 27.6 Å². The molecule has 2 amide bonds. The zero-order valence-corrected chi connectivity index (χ0v) is 12.4. The van der Waals surface area contributed by atoms with Gasteiger partial charge in [0.2, 0.25) is 0 Å². The standard InChI is InChI=1S/C14H18N4OS/c1-11(20-13-6-4-3-5-7-13)8-15-14(19)17-12-9-16-18(2)10-12/h3-7,9-11H,8H2,1-2H3,(H2,15,17,19). The van der Waals surface area contributed by atoms with Gasteiger partial charge in [-0.3, -0.25) is 4.68 Å². The first kappa shape index (κ1) is 14.5. The van der Waals surface area contributed by atoms with E-state index in [0.29, 0.717) is 17.5 Å². The molecular weight excluding hydrogens is 272 g/mol. The third-order valence-electron chi connectivity index (χ3n) is 2.59. The van der Waals surface area contributed by atoms with E-state index in [0.717, 1.165) is 0 Å². The maximum Gasteiger partial charge on any atom is 0.319 e. The second-order valence-electron chi connectivity index (χ2n) is 4.48. The molecule has 1 unspecified atom stereocenters. The number of anilines is 1. The van der Waals surface area contributed by atoms with Crippen LogP contribution < -0.4 is 10.6 Å². The molecule has 0 aliphatic heterocycles. The quantitative estimate of drug-likeness (QED) is 0.832. The first-order valence-electron chi connectivity index (χ1n) is 6.38. The van der Waals surface area contributed by atoms with Crippen molar-refractivity contribution in [1.29, 1.82) is 0 Å². The van der Waals surface area contributed by atoms with Crippen molar-refractivity contribution in [1.82, 2.24) is 15.1 Å². The lowest BCUT2D eigenvalue weighted by atomic mass is 10.4. The highest BCUT2D eigenvalue weighted by Gasteiger charge is 2.07. The third-order valence-corrected chi connectivity index (χ3v) is 3.71. The van der Waals surface area contributed by atoms with Gasteiger partial charge in [0.25, 0.3) is 0 Å². The number of carbonyl (C=O) groups excluding carboxylic acids is 1. The van der Waals surface area contributed by atoms with Crippen molar-refractivity contribution < 1.29 is 4.79 Å². The predicted molar refractivity (Wildman–Crippen MR) is 82.0 cm³/mol. The minimum absolute atomic E-state index is 0.210. The second-order valence-corrected chi connectivity index (χ2v) is 5.99. The molecule has 1 atom stereocenters. The highest BCUT2D eigenvalue weighted by atomic mass is 32.2. The van der Waals surface area contributed by atoms with Crippen molar-refractivity contribution >= 4 is 23.5 Å². The number of amides is 2. The Labute approximate surface area is 122 Å². The predicted octanol–water partition coefficient (Wildman–Crippen LogP) is 2.72. The number of aryl methyl sites for hydroxylation is 1. The number of hydrogen-bond donors (Lipinski definition) is 2. The fourth-order valence-corrected chi connectivity index (χ4v) is 2.62. The second kappa shape index (κ2) is 7.00. The maximum absolute atomic E-state index is 11.7. The lowest BCUT2D eigenvalue weighted by Crippen LogP contribution is -2.33. The SMILES string of the molecule is CC(CNC(=O)Nc1cnn(C)c1)Sc1ccccc1. The number of hydrogen-bond acceptors (Lipinski definition) is 3. The first-order valence-corrected chi connectivity index (χ1v) is 7.26. The zero-order chi connectivity index (χ0) is 14.4. The molecule has 1 heterocycles. The van der Waals surface area contributed by atoms with Crippen LogP contribution in [0.25, 0.3) is 0 Å². The minimum Gasteiger partial charge on any atom is -0.337 e. The van der Waals surface area contributed by atoms with E-state index in [2.05, 4.69) is 34.8 Å². The van der Waals surface area contributed by atoms with Gasteiger partial charge in [-0.1, -0.05) is 25.1 Å². The summed E-state index contributed by atoms with van der Waals surface area (Å²) in [6.45, 7) is 2.69. The first-order chi connectivity index (χ1) is 9.63. The fourth-order valence-electron chi connectivity index (χ4n) is 1.67. The molecule has 0 saturated carbocycles. The molecular formula is C14H18N4OS. The van der Waals surface area contributed by atoms with Gasteiger partial charge in [0.15, 0.2) is 0 Å². The third kappa shape index (κ3) is 4.62. The fraction of sp³-hybridized carbons (Fsp3) is 0.286. The Balaban J connectivity index is 1.73.